The summed E-state index contributed by atoms with van der Waals surface area (Å²) in [6, 6.07) is 2.73. The molecule has 0 aliphatic heterocycles. The Hall–Kier alpha value is 0.580. The maximum Gasteiger partial charge on any atom is 0.0843 e. The molecule has 0 aromatic carbocycles. The third-order valence-electron chi connectivity index (χ3n) is 3.48. The minimum atomic E-state index is 0.0701. The number of thiophene rings is 1. The average molecular weight is 397 g/mol. The molecule has 0 bridgehead atoms. The Morgan fingerprint density at radius 1 is 1.28 bits per heavy atom. The average Bonchev–Trinajstić information content (AvgIpc) is 2.59. The van der Waals surface area contributed by atoms with Crippen LogP contribution in [0, 0.1) is 0 Å². The van der Waals surface area contributed by atoms with Crippen LogP contribution < -0.4 is 5.32 Å². The van der Waals surface area contributed by atoms with Gasteiger partial charge in [0.25, 0.3) is 0 Å². The zero-order chi connectivity index (χ0) is 13.0. The molecule has 18 heavy (non-hydrogen) atoms. The Morgan fingerprint density at radius 3 is 2.44 bits per heavy atom. The third-order valence-corrected chi connectivity index (χ3v) is 6.85. The smallest absolute Gasteiger partial charge is 0.0843 e. The van der Waals surface area contributed by atoms with Crippen LogP contribution in [-0.2, 0) is 0 Å². The van der Waals surface area contributed by atoms with E-state index in [1.54, 1.807) is 11.3 Å². The predicted octanol–water partition coefficient (Wildman–Crippen LogP) is 4.62. The van der Waals surface area contributed by atoms with Gasteiger partial charge in [-0.1, -0.05) is 25.7 Å². The molecule has 0 amide bonds. The van der Waals surface area contributed by atoms with Crippen LogP contribution in [0.15, 0.2) is 14.3 Å². The topological polar surface area (TPSA) is 32.3 Å². The summed E-state index contributed by atoms with van der Waals surface area (Å²) < 4.78 is 2.17. The maximum absolute atomic E-state index is 9.59. The van der Waals surface area contributed by atoms with E-state index in [0.717, 1.165) is 8.26 Å². The number of aliphatic hydroxyl groups is 1. The van der Waals surface area contributed by atoms with Gasteiger partial charge in [0.1, 0.15) is 0 Å². The van der Waals surface area contributed by atoms with Gasteiger partial charge < -0.3 is 10.4 Å². The molecule has 5 heteroatoms. The van der Waals surface area contributed by atoms with E-state index >= 15 is 0 Å². The van der Waals surface area contributed by atoms with E-state index in [1.807, 2.05) is 0 Å². The van der Waals surface area contributed by atoms with Gasteiger partial charge in [0.05, 0.1) is 16.4 Å². The molecule has 102 valence electrons. The van der Waals surface area contributed by atoms with Crippen molar-refractivity contribution in [2.24, 2.45) is 0 Å². The highest BCUT2D eigenvalue weighted by Crippen LogP contribution is 2.35. The zero-order valence-corrected chi connectivity index (χ0v) is 14.3. The van der Waals surface area contributed by atoms with Crippen LogP contribution in [0.5, 0.6) is 0 Å². The molecule has 2 nitrogen and oxygen atoms in total. The molecule has 1 aromatic rings. The van der Waals surface area contributed by atoms with Crippen molar-refractivity contribution in [3.8, 4) is 0 Å². The van der Waals surface area contributed by atoms with E-state index in [0.29, 0.717) is 6.04 Å². The molecule has 1 atom stereocenters. The molecule has 1 aromatic heterocycles. The molecular formula is C13H19Br2NOS. The van der Waals surface area contributed by atoms with Crippen molar-refractivity contribution in [2.45, 2.75) is 50.6 Å². The van der Waals surface area contributed by atoms with Crippen LogP contribution in [-0.4, -0.2) is 17.8 Å². The summed E-state index contributed by atoms with van der Waals surface area (Å²) in [5.74, 6) is 0. The lowest BCUT2D eigenvalue weighted by atomic mass is 10.1. The highest BCUT2D eigenvalue weighted by molar-refractivity contribution is 9.13. The Labute approximate surface area is 129 Å². The Bertz CT molecular complexity index is 356. The Morgan fingerprint density at radius 2 is 1.94 bits per heavy atom. The number of hydrogen-bond acceptors (Lipinski definition) is 3. The van der Waals surface area contributed by atoms with Gasteiger partial charge in [0.15, 0.2) is 0 Å². The SMILES string of the molecule is OCC(NC1CCCCCC1)c1cc(Br)c(Br)s1. The molecule has 2 N–H and O–H groups in total. The highest BCUT2D eigenvalue weighted by atomic mass is 79.9. The molecule has 0 spiro atoms. The fraction of sp³-hybridized carbons (Fsp3) is 0.692. The second-order valence-electron chi connectivity index (χ2n) is 4.86. The van der Waals surface area contributed by atoms with Gasteiger partial charge in [-0.15, -0.1) is 11.3 Å². The number of rotatable bonds is 4. The predicted molar refractivity (Wildman–Crippen MR) is 84.2 cm³/mol. The van der Waals surface area contributed by atoms with E-state index < -0.39 is 0 Å². The lowest BCUT2D eigenvalue weighted by Gasteiger charge is -2.22. The van der Waals surface area contributed by atoms with Gasteiger partial charge in [-0.3, -0.25) is 0 Å². The first kappa shape index (κ1) is 15.0. The molecule has 1 heterocycles. The quantitative estimate of drug-likeness (QED) is 0.727. The van der Waals surface area contributed by atoms with Crippen LogP contribution in [0.1, 0.15) is 49.4 Å². The molecule has 0 radical (unpaired) electrons. The second kappa shape index (κ2) is 7.39. The van der Waals surface area contributed by atoms with Crippen LogP contribution in [0.2, 0.25) is 0 Å². The van der Waals surface area contributed by atoms with E-state index in [2.05, 4.69) is 43.2 Å². The summed E-state index contributed by atoms with van der Waals surface area (Å²) in [5, 5.41) is 13.2. The largest absolute Gasteiger partial charge is 0.394 e. The van der Waals surface area contributed by atoms with Gasteiger partial charge in [0.2, 0.25) is 0 Å². The van der Waals surface area contributed by atoms with Crippen LogP contribution in [0.25, 0.3) is 0 Å². The van der Waals surface area contributed by atoms with Crippen LogP contribution >= 0.6 is 43.2 Å². The van der Waals surface area contributed by atoms with Crippen LogP contribution in [0.4, 0.5) is 0 Å². The van der Waals surface area contributed by atoms with Crippen LogP contribution in [0.3, 0.4) is 0 Å². The first-order chi connectivity index (χ1) is 8.70. The van der Waals surface area contributed by atoms with Crippen molar-refractivity contribution in [1.82, 2.24) is 5.32 Å². The zero-order valence-electron chi connectivity index (χ0n) is 10.3. The first-order valence-corrected chi connectivity index (χ1v) is 8.92. The minimum Gasteiger partial charge on any atom is -0.394 e. The molecule has 1 aliphatic carbocycles. The van der Waals surface area contributed by atoms with Gasteiger partial charge in [-0.25, -0.2) is 0 Å². The van der Waals surface area contributed by atoms with Crippen molar-refractivity contribution < 1.29 is 5.11 Å². The fourth-order valence-electron chi connectivity index (χ4n) is 2.49. The Kier molecular flexibility index (Phi) is 6.15. The molecule has 1 aliphatic rings. The highest BCUT2D eigenvalue weighted by Gasteiger charge is 2.20. The standard InChI is InChI=1S/C13H19Br2NOS/c14-10-7-12(18-13(10)15)11(8-17)16-9-5-3-1-2-4-6-9/h7,9,11,16-17H,1-6,8H2. The lowest BCUT2D eigenvalue weighted by molar-refractivity contribution is 0.230. The van der Waals surface area contributed by atoms with Crippen molar-refractivity contribution >= 4 is 43.2 Å². The number of nitrogens with one attached hydrogen (secondary N) is 1. The summed E-state index contributed by atoms with van der Waals surface area (Å²) in [6.45, 7) is 0.163. The van der Waals surface area contributed by atoms with Crippen molar-refractivity contribution in [1.29, 1.82) is 0 Å². The molecule has 1 fully saturated rings. The first-order valence-electron chi connectivity index (χ1n) is 6.52. The molecule has 1 unspecified atom stereocenters. The summed E-state index contributed by atoms with van der Waals surface area (Å²) in [5.41, 5.74) is 0. The molecule has 2 rings (SSSR count). The number of hydrogen-bond donors (Lipinski definition) is 2. The van der Waals surface area contributed by atoms with Crippen molar-refractivity contribution in [2.75, 3.05) is 6.61 Å². The number of halogens is 2. The summed E-state index contributed by atoms with van der Waals surface area (Å²) in [4.78, 5) is 1.19. The lowest BCUT2D eigenvalue weighted by Crippen LogP contribution is -2.33. The van der Waals surface area contributed by atoms with Gasteiger partial charge in [0, 0.05) is 15.4 Å². The fourth-order valence-corrected chi connectivity index (χ4v) is 4.63. The van der Waals surface area contributed by atoms with E-state index in [-0.39, 0.29) is 12.6 Å². The summed E-state index contributed by atoms with van der Waals surface area (Å²) in [6.07, 6.45) is 7.83. The van der Waals surface area contributed by atoms with Crippen molar-refractivity contribution in [3.05, 3.63) is 19.2 Å². The Balaban J connectivity index is 1.99. The monoisotopic (exact) mass is 395 g/mol. The van der Waals surface area contributed by atoms with Gasteiger partial charge in [-0.2, -0.15) is 0 Å². The molecule has 1 saturated carbocycles. The van der Waals surface area contributed by atoms with E-state index in [1.165, 1.54) is 43.4 Å². The molecule has 0 saturated heterocycles. The van der Waals surface area contributed by atoms with E-state index in [4.69, 9.17) is 0 Å². The minimum absolute atomic E-state index is 0.0701. The summed E-state index contributed by atoms with van der Waals surface area (Å²) in [7, 11) is 0. The second-order valence-corrected chi connectivity index (χ2v) is 8.12. The maximum atomic E-state index is 9.59. The van der Waals surface area contributed by atoms with Crippen molar-refractivity contribution in [3.63, 3.8) is 0 Å². The normalized spacial score (nSPS) is 19.7. The van der Waals surface area contributed by atoms with Gasteiger partial charge >= 0.3 is 0 Å². The molecular weight excluding hydrogens is 378 g/mol. The third kappa shape index (κ3) is 4.04. The van der Waals surface area contributed by atoms with E-state index in [9.17, 15) is 5.11 Å². The number of aliphatic hydroxyl groups excluding tert-OH is 1. The summed E-state index contributed by atoms with van der Waals surface area (Å²) >= 11 is 8.71. The van der Waals surface area contributed by atoms with Gasteiger partial charge in [-0.05, 0) is 50.8 Å².